The number of nitrogens with one attached hydrogen (secondary N) is 2. The average Bonchev–Trinajstić information content (AvgIpc) is 3.43. The first-order valence-electron chi connectivity index (χ1n) is 17.9. The van der Waals surface area contributed by atoms with Gasteiger partial charge in [0.2, 0.25) is 11.8 Å². The molecule has 5 rings (SSSR count). The number of rotatable bonds is 12. The van der Waals surface area contributed by atoms with Gasteiger partial charge in [0.15, 0.2) is 5.78 Å². The Morgan fingerprint density at radius 3 is 2.40 bits per heavy atom. The molecule has 2 aromatic carbocycles. The molecule has 48 heavy (non-hydrogen) atoms. The van der Waals surface area contributed by atoms with E-state index in [9.17, 15) is 14.4 Å². The maximum atomic E-state index is 13.3. The summed E-state index contributed by atoms with van der Waals surface area (Å²) in [4.78, 5) is 38.6. The van der Waals surface area contributed by atoms with Crippen molar-refractivity contribution in [1.29, 1.82) is 0 Å². The molecule has 2 aliphatic carbocycles. The van der Waals surface area contributed by atoms with Crippen LogP contribution in [0.2, 0.25) is 0 Å². The van der Waals surface area contributed by atoms with Gasteiger partial charge in [-0.3, -0.25) is 14.4 Å². The number of fused-ring (bicyclic) bond motifs is 2. The van der Waals surface area contributed by atoms with E-state index in [0.717, 1.165) is 65.7 Å². The van der Waals surface area contributed by atoms with Gasteiger partial charge in [0, 0.05) is 47.2 Å². The van der Waals surface area contributed by atoms with E-state index >= 15 is 0 Å². The van der Waals surface area contributed by atoms with E-state index in [1.807, 2.05) is 36.9 Å². The van der Waals surface area contributed by atoms with Crippen LogP contribution in [-0.4, -0.2) is 43.3 Å². The van der Waals surface area contributed by atoms with Gasteiger partial charge in [-0.15, -0.1) is 0 Å². The zero-order valence-electron chi connectivity index (χ0n) is 30.0. The monoisotopic (exact) mass is 717 g/mol. The molecule has 1 aliphatic heterocycles. The summed E-state index contributed by atoms with van der Waals surface area (Å²) in [6, 6.07) is 10.4. The number of ketones is 1. The Balaban J connectivity index is 0.000000402. The molecule has 1 fully saturated rings. The minimum atomic E-state index is -0.305. The number of hydrogen-bond acceptors (Lipinski definition) is 4. The van der Waals surface area contributed by atoms with Gasteiger partial charge in [-0.2, -0.15) is 0 Å². The molecule has 1 saturated carbocycles. The van der Waals surface area contributed by atoms with Gasteiger partial charge in [0.25, 0.3) is 0 Å². The van der Waals surface area contributed by atoms with Crippen LogP contribution in [0.5, 0.6) is 0 Å². The van der Waals surface area contributed by atoms with Gasteiger partial charge < -0.3 is 15.5 Å². The van der Waals surface area contributed by atoms with E-state index < -0.39 is 0 Å². The Hall–Kier alpha value is -3.37. The van der Waals surface area contributed by atoms with Crippen LogP contribution in [0.1, 0.15) is 113 Å². The molecule has 2 N–H and O–H groups in total. The number of amides is 2. The number of halogens is 1. The number of carbonyl (C=O) groups is 3. The molecule has 2 atom stereocenters. The lowest BCUT2D eigenvalue weighted by Crippen LogP contribution is -2.42. The van der Waals surface area contributed by atoms with E-state index in [1.54, 1.807) is 0 Å². The summed E-state index contributed by atoms with van der Waals surface area (Å²) >= 11 is 3.55. The van der Waals surface area contributed by atoms with Crippen molar-refractivity contribution in [2.24, 2.45) is 11.8 Å². The summed E-state index contributed by atoms with van der Waals surface area (Å²) in [6.45, 7) is 17.2. The highest BCUT2D eigenvalue weighted by Gasteiger charge is 2.34. The largest absolute Gasteiger partial charge is 0.361 e. The molecule has 0 spiro atoms. The van der Waals surface area contributed by atoms with Crippen LogP contribution >= 0.6 is 15.9 Å². The molecule has 6 nitrogen and oxygen atoms in total. The fourth-order valence-electron chi connectivity index (χ4n) is 6.18. The number of nitrogens with zero attached hydrogens (tertiary/aromatic N) is 1. The first kappa shape index (κ1) is 39.1. The molecule has 7 heteroatoms. The predicted molar refractivity (Wildman–Crippen MR) is 202 cm³/mol. The predicted octanol–water partition coefficient (Wildman–Crippen LogP) is 8.22. The van der Waals surface area contributed by atoms with Crippen molar-refractivity contribution in [3.8, 4) is 11.8 Å². The Morgan fingerprint density at radius 2 is 1.81 bits per heavy atom. The topological polar surface area (TPSA) is 78.5 Å². The van der Waals surface area contributed by atoms with Crippen molar-refractivity contribution in [1.82, 2.24) is 10.6 Å². The second-order valence-electron chi connectivity index (χ2n) is 13.4. The average molecular weight is 719 g/mol. The first-order chi connectivity index (χ1) is 23.0. The number of benzene rings is 2. The molecule has 0 aromatic heterocycles. The number of carbonyl (C=O) groups excluding carboxylic acids is 3. The first-order valence-corrected chi connectivity index (χ1v) is 18.7. The van der Waals surface area contributed by atoms with Gasteiger partial charge in [-0.25, -0.2) is 0 Å². The SMILES string of the molecule is C=CC(=O)C(C)CC.CC1CCC1.CCC(CC)NC(=O)CN1CC(C(=O)NCCc2c(C)ccc3c2CCC#C3)c2cc(Br)ccc21. The molecule has 2 unspecified atom stereocenters. The molecule has 0 radical (unpaired) electrons. The fraction of sp³-hybridized carbons (Fsp3) is 0.537. The minimum Gasteiger partial charge on any atom is -0.361 e. The third-order valence-corrected chi connectivity index (χ3v) is 10.4. The summed E-state index contributed by atoms with van der Waals surface area (Å²) in [7, 11) is 0. The van der Waals surface area contributed by atoms with E-state index in [-0.39, 0.29) is 42.0 Å². The van der Waals surface area contributed by atoms with Crippen molar-refractivity contribution in [2.75, 3.05) is 24.5 Å². The molecular formula is C41H56BrN3O3. The van der Waals surface area contributed by atoms with Crippen molar-refractivity contribution < 1.29 is 14.4 Å². The van der Waals surface area contributed by atoms with Crippen LogP contribution < -0.4 is 15.5 Å². The lowest BCUT2D eigenvalue weighted by molar-refractivity contribution is -0.123. The molecule has 3 aliphatic rings. The Bertz CT molecular complexity index is 1480. The molecule has 1 heterocycles. The zero-order valence-corrected chi connectivity index (χ0v) is 31.6. The van der Waals surface area contributed by atoms with Gasteiger partial charge in [0.1, 0.15) is 0 Å². The van der Waals surface area contributed by atoms with Crippen LogP contribution in [0.3, 0.4) is 0 Å². The van der Waals surface area contributed by atoms with Crippen molar-refractivity contribution in [3.63, 3.8) is 0 Å². The quantitative estimate of drug-likeness (QED) is 0.171. The summed E-state index contributed by atoms with van der Waals surface area (Å²) in [5.41, 5.74) is 6.95. The molecule has 2 aromatic rings. The van der Waals surface area contributed by atoms with Gasteiger partial charge in [0.05, 0.1) is 12.5 Å². The summed E-state index contributed by atoms with van der Waals surface area (Å²) in [5, 5.41) is 6.29. The third kappa shape index (κ3) is 11.1. The second-order valence-corrected chi connectivity index (χ2v) is 14.3. The molecule has 260 valence electrons. The second kappa shape index (κ2) is 19.6. The maximum absolute atomic E-state index is 13.3. The van der Waals surface area contributed by atoms with E-state index in [4.69, 9.17) is 0 Å². The van der Waals surface area contributed by atoms with E-state index in [2.05, 4.69) is 84.8 Å². The Kier molecular flexibility index (Phi) is 15.9. The fourth-order valence-corrected chi connectivity index (χ4v) is 6.56. The lowest BCUT2D eigenvalue weighted by Gasteiger charge is -2.22. The van der Waals surface area contributed by atoms with Crippen molar-refractivity contribution >= 4 is 39.2 Å². The highest BCUT2D eigenvalue weighted by atomic mass is 79.9. The summed E-state index contributed by atoms with van der Waals surface area (Å²) in [6.07, 6.45) is 11.2. The summed E-state index contributed by atoms with van der Waals surface area (Å²) < 4.78 is 0.935. The van der Waals surface area contributed by atoms with Crippen LogP contribution in [-0.2, 0) is 27.2 Å². The number of anilines is 1. The minimum absolute atomic E-state index is 0.000975. The summed E-state index contributed by atoms with van der Waals surface area (Å²) in [5.74, 6) is 7.52. The third-order valence-electron chi connectivity index (χ3n) is 9.87. The molecule has 0 saturated heterocycles. The Labute approximate surface area is 298 Å². The molecule has 0 bridgehead atoms. The standard InChI is InChI=1S/C29H34BrN3O2.C7H12O.C5H10/c1-4-22(5-2)32-28(34)18-33-17-26(25-16-21(30)12-13-27(25)33)29(35)31-15-14-23-19(3)10-11-20-8-6-7-9-24(20)23;1-4-6(3)7(8)5-2;1-5-3-2-4-5/h10-13,16,22,26H,4-5,7,9,14-15,17-18H2,1-3H3,(H,31,35)(H,32,34);5-6H,2,4H2,1,3H3;5H,2-4H2,1H3. The van der Waals surface area contributed by atoms with Gasteiger partial charge >= 0.3 is 0 Å². The normalized spacial score (nSPS) is 16.3. The van der Waals surface area contributed by atoms with Gasteiger partial charge in [-0.1, -0.05) is 94.3 Å². The molecule has 2 amide bonds. The Morgan fingerprint density at radius 1 is 1.10 bits per heavy atom. The number of allylic oxidation sites excluding steroid dienone is 1. The lowest BCUT2D eigenvalue weighted by atomic mass is 9.88. The van der Waals surface area contributed by atoms with Crippen LogP contribution in [0.15, 0.2) is 47.5 Å². The van der Waals surface area contributed by atoms with Crippen molar-refractivity contribution in [3.05, 3.63) is 75.3 Å². The van der Waals surface area contributed by atoms with Crippen molar-refractivity contribution in [2.45, 2.75) is 111 Å². The van der Waals surface area contributed by atoms with E-state index in [0.29, 0.717) is 13.1 Å². The smallest absolute Gasteiger partial charge is 0.239 e. The van der Waals surface area contributed by atoms with E-state index in [1.165, 1.54) is 42.0 Å². The van der Waals surface area contributed by atoms with Crippen LogP contribution in [0.4, 0.5) is 5.69 Å². The zero-order chi connectivity index (χ0) is 35.2. The highest BCUT2D eigenvalue weighted by Crippen LogP contribution is 2.38. The maximum Gasteiger partial charge on any atom is 0.239 e. The number of hydrogen-bond donors (Lipinski definition) is 2. The van der Waals surface area contributed by atoms with Gasteiger partial charge in [-0.05, 0) is 97.5 Å². The van der Waals surface area contributed by atoms with Crippen LogP contribution in [0, 0.1) is 30.6 Å². The molecular weight excluding hydrogens is 662 g/mol. The highest BCUT2D eigenvalue weighted by molar-refractivity contribution is 9.10. The number of aryl methyl sites for hydroxylation is 1. The van der Waals surface area contributed by atoms with Crippen LogP contribution in [0.25, 0.3) is 0 Å².